The Labute approximate surface area is 106 Å². The van der Waals surface area contributed by atoms with E-state index in [4.69, 9.17) is 15.3 Å². The van der Waals surface area contributed by atoms with E-state index in [2.05, 4.69) is 12.1 Å². The van der Waals surface area contributed by atoms with E-state index in [1.54, 1.807) is 12.1 Å². The van der Waals surface area contributed by atoms with Gasteiger partial charge in [-0.3, -0.25) is 0 Å². The molecule has 0 aliphatic rings. The summed E-state index contributed by atoms with van der Waals surface area (Å²) in [5, 5.41) is 26.7. The molecule has 0 fully saturated rings. The third-order valence-corrected chi connectivity index (χ3v) is 2.72. The SMILES string of the molecule is OC(O)(O)Cc1ccc(Cc2ccccc2)cc1. The lowest BCUT2D eigenvalue weighted by Crippen LogP contribution is -2.29. The molecule has 2 aromatic rings. The zero-order valence-electron chi connectivity index (χ0n) is 9.95. The average Bonchev–Trinajstić information content (AvgIpc) is 2.31. The van der Waals surface area contributed by atoms with Crippen molar-refractivity contribution in [2.45, 2.75) is 18.8 Å². The molecule has 0 unspecified atom stereocenters. The highest BCUT2D eigenvalue weighted by Crippen LogP contribution is 2.13. The maximum absolute atomic E-state index is 8.89. The highest BCUT2D eigenvalue weighted by molar-refractivity contribution is 5.28. The fourth-order valence-corrected chi connectivity index (χ4v) is 1.88. The molecule has 2 aromatic carbocycles. The quantitative estimate of drug-likeness (QED) is 0.713. The van der Waals surface area contributed by atoms with Gasteiger partial charge in [0.2, 0.25) is 0 Å². The number of hydrogen-bond acceptors (Lipinski definition) is 3. The lowest BCUT2D eigenvalue weighted by molar-refractivity contribution is -0.309. The van der Waals surface area contributed by atoms with Gasteiger partial charge in [-0.15, -0.1) is 0 Å². The van der Waals surface area contributed by atoms with Gasteiger partial charge in [0.15, 0.2) is 0 Å². The second-order valence-electron chi connectivity index (χ2n) is 4.43. The van der Waals surface area contributed by atoms with E-state index < -0.39 is 5.97 Å². The number of rotatable bonds is 4. The van der Waals surface area contributed by atoms with Gasteiger partial charge in [0.05, 0.1) is 6.42 Å². The molecule has 0 atom stereocenters. The van der Waals surface area contributed by atoms with E-state index in [0.29, 0.717) is 5.56 Å². The third kappa shape index (κ3) is 3.96. The molecular formula is C15H16O3. The normalized spacial score (nSPS) is 11.5. The van der Waals surface area contributed by atoms with Crippen LogP contribution < -0.4 is 0 Å². The van der Waals surface area contributed by atoms with Gasteiger partial charge in [0, 0.05) is 0 Å². The molecule has 3 nitrogen and oxygen atoms in total. The van der Waals surface area contributed by atoms with Crippen molar-refractivity contribution in [3.05, 3.63) is 71.3 Å². The molecule has 94 valence electrons. The first kappa shape index (κ1) is 12.8. The molecule has 0 spiro atoms. The lowest BCUT2D eigenvalue weighted by atomic mass is 10.0. The summed E-state index contributed by atoms with van der Waals surface area (Å²) in [6.07, 6.45) is 0.641. The fourth-order valence-electron chi connectivity index (χ4n) is 1.88. The van der Waals surface area contributed by atoms with E-state index in [1.165, 1.54) is 5.56 Å². The average molecular weight is 244 g/mol. The van der Waals surface area contributed by atoms with Gasteiger partial charge in [0.25, 0.3) is 5.97 Å². The lowest BCUT2D eigenvalue weighted by Gasteiger charge is -2.13. The standard InChI is InChI=1S/C15H16O3/c16-15(17,18)11-14-8-6-13(7-9-14)10-12-4-2-1-3-5-12/h1-9,16-18H,10-11H2. The Bertz CT molecular complexity index is 483. The minimum Gasteiger partial charge on any atom is -0.343 e. The molecule has 0 amide bonds. The second kappa shape index (κ2) is 5.31. The minimum absolute atomic E-state index is 0.196. The molecule has 0 aromatic heterocycles. The van der Waals surface area contributed by atoms with E-state index >= 15 is 0 Å². The van der Waals surface area contributed by atoms with Crippen LogP contribution in [0.1, 0.15) is 16.7 Å². The molecule has 0 aliphatic carbocycles. The van der Waals surface area contributed by atoms with Crippen molar-refractivity contribution in [3.8, 4) is 0 Å². The Balaban J connectivity index is 2.04. The minimum atomic E-state index is -2.64. The molecule has 0 radical (unpaired) electrons. The topological polar surface area (TPSA) is 60.7 Å². The van der Waals surface area contributed by atoms with Crippen molar-refractivity contribution < 1.29 is 15.3 Å². The van der Waals surface area contributed by atoms with E-state index in [9.17, 15) is 0 Å². The van der Waals surface area contributed by atoms with Crippen LogP contribution >= 0.6 is 0 Å². The smallest absolute Gasteiger partial charge is 0.279 e. The van der Waals surface area contributed by atoms with Gasteiger partial charge in [-0.05, 0) is 23.1 Å². The molecule has 3 N–H and O–H groups in total. The Hall–Kier alpha value is -1.68. The van der Waals surface area contributed by atoms with Gasteiger partial charge in [-0.2, -0.15) is 0 Å². The molecule has 2 rings (SSSR count). The van der Waals surface area contributed by atoms with Crippen molar-refractivity contribution in [1.82, 2.24) is 0 Å². The van der Waals surface area contributed by atoms with E-state index in [0.717, 1.165) is 12.0 Å². The van der Waals surface area contributed by atoms with Crippen LogP contribution in [0.15, 0.2) is 54.6 Å². The molecule has 0 bridgehead atoms. The number of aliphatic hydroxyl groups is 3. The van der Waals surface area contributed by atoms with Crippen molar-refractivity contribution in [2.75, 3.05) is 0 Å². The molecule has 0 saturated carbocycles. The zero-order valence-corrected chi connectivity index (χ0v) is 9.95. The second-order valence-corrected chi connectivity index (χ2v) is 4.43. The third-order valence-electron chi connectivity index (χ3n) is 2.72. The van der Waals surface area contributed by atoms with Gasteiger partial charge in [0.1, 0.15) is 0 Å². The van der Waals surface area contributed by atoms with Crippen molar-refractivity contribution in [2.24, 2.45) is 0 Å². The van der Waals surface area contributed by atoms with Crippen molar-refractivity contribution >= 4 is 0 Å². The highest BCUT2D eigenvalue weighted by Gasteiger charge is 2.18. The predicted molar refractivity (Wildman–Crippen MR) is 68.8 cm³/mol. The van der Waals surface area contributed by atoms with Gasteiger partial charge >= 0.3 is 0 Å². The highest BCUT2D eigenvalue weighted by atomic mass is 16.7. The summed E-state index contributed by atoms with van der Waals surface area (Å²) in [7, 11) is 0. The van der Waals surface area contributed by atoms with Crippen LogP contribution in [0.2, 0.25) is 0 Å². The maximum Gasteiger partial charge on any atom is 0.279 e. The van der Waals surface area contributed by atoms with Crippen LogP contribution in [0.5, 0.6) is 0 Å². The molecule has 0 aliphatic heterocycles. The summed E-state index contributed by atoms with van der Waals surface area (Å²) in [4.78, 5) is 0. The summed E-state index contributed by atoms with van der Waals surface area (Å²) in [5.74, 6) is -2.64. The van der Waals surface area contributed by atoms with Crippen LogP contribution in [-0.2, 0) is 12.8 Å². The number of benzene rings is 2. The van der Waals surface area contributed by atoms with E-state index in [1.807, 2.05) is 30.3 Å². The fraction of sp³-hybridized carbons (Fsp3) is 0.200. The Kier molecular flexibility index (Phi) is 3.77. The van der Waals surface area contributed by atoms with E-state index in [-0.39, 0.29) is 6.42 Å². The first-order chi connectivity index (χ1) is 8.53. The Morgan fingerprint density at radius 2 is 1.17 bits per heavy atom. The van der Waals surface area contributed by atoms with Crippen LogP contribution in [0.25, 0.3) is 0 Å². The Morgan fingerprint density at radius 3 is 1.72 bits per heavy atom. The van der Waals surface area contributed by atoms with Crippen LogP contribution in [0.4, 0.5) is 0 Å². The monoisotopic (exact) mass is 244 g/mol. The molecular weight excluding hydrogens is 228 g/mol. The Morgan fingerprint density at radius 1 is 0.667 bits per heavy atom. The molecule has 0 heterocycles. The predicted octanol–water partition coefficient (Wildman–Crippen LogP) is 1.45. The molecule has 3 heteroatoms. The van der Waals surface area contributed by atoms with Crippen LogP contribution in [0.3, 0.4) is 0 Å². The summed E-state index contributed by atoms with van der Waals surface area (Å²) in [5.41, 5.74) is 3.05. The van der Waals surface area contributed by atoms with Crippen molar-refractivity contribution in [3.63, 3.8) is 0 Å². The number of hydrogen-bond donors (Lipinski definition) is 3. The maximum atomic E-state index is 8.89. The summed E-state index contributed by atoms with van der Waals surface area (Å²) < 4.78 is 0. The zero-order chi connectivity index (χ0) is 13.0. The van der Waals surface area contributed by atoms with Crippen LogP contribution in [0, 0.1) is 0 Å². The first-order valence-electron chi connectivity index (χ1n) is 5.82. The van der Waals surface area contributed by atoms with Gasteiger partial charge < -0.3 is 15.3 Å². The summed E-state index contributed by atoms with van der Waals surface area (Å²) in [6, 6.07) is 17.5. The van der Waals surface area contributed by atoms with Gasteiger partial charge in [-0.1, -0.05) is 54.6 Å². The summed E-state index contributed by atoms with van der Waals surface area (Å²) in [6.45, 7) is 0. The van der Waals surface area contributed by atoms with Crippen LogP contribution in [-0.4, -0.2) is 21.3 Å². The largest absolute Gasteiger partial charge is 0.343 e. The van der Waals surface area contributed by atoms with Crippen molar-refractivity contribution in [1.29, 1.82) is 0 Å². The van der Waals surface area contributed by atoms with Gasteiger partial charge in [-0.25, -0.2) is 0 Å². The first-order valence-corrected chi connectivity index (χ1v) is 5.82. The molecule has 18 heavy (non-hydrogen) atoms. The molecule has 0 saturated heterocycles. The summed E-state index contributed by atoms with van der Waals surface area (Å²) >= 11 is 0.